The van der Waals surface area contributed by atoms with Gasteiger partial charge in [-0.3, -0.25) is 19.2 Å². The normalized spacial score (nSPS) is 17.1. The van der Waals surface area contributed by atoms with Gasteiger partial charge in [-0.05, 0) is 87.8 Å². The van der Waals surface area contributed by atoms with E-state index in [4.69, 9.17) is 0 Å². The smallest absolute Gasteiger partial charge is 0.174 e. The molecule has 0 heterocycles. The van der Waals surface area contributed by atoms with Gasteiger partial charge >= 0.3 is 0 Å². The number of phenols is 1. The fourth-order valence-electron chi connectivity index (χ4n) is 5.79. The van der Waals surface area contributed by atoms with Crippen LogP contribution in [0.5, 0.6) is 5.75 Å². The Morgan fingerprint density at radius 2 is 1.76 bits per heavy atom. The van der Waals surface area contributed by atoms with Crippen LogP contribution in [0.15, 0.2) is 36.4 Å². The van der Waals surface area contributed by atoms with Crippen molar-refractivity contribution in [3.63, 3.8) is 0 Å². The third kappa shape index (κ3) is 7.74. The van der Waals surface area contributed by atoms with Gasteiger partial charge in [0.05, 0.1) is 18.6 Å². The van der Waals surface area contributed by atoms with E-state index < -0.39 is 36.1 Å². The van der Waals surface area contributed by atoms with Crippen LogP contribution in [-0.2, 0) is 16.0 Å². The minimum Gasteiger partial charge on any atom is -0.507 e. The van der Waals surface area contributed by atoms with Crippen molar-refractivity contribution in [3.8, 4) is 16.9 Å². The average Bonchev–Trinajstić information content (AvgIpc) is 2.91. The second-order valence-electron chi connectivity index (χ2n) is 11.4. The average molecular weight is 570 g/mol. The van der Waals surface area contributed by atoms with Gasteiger partial charge in [-0.25, -0.2) is 0 Å². The number of carbonyl (C=O) groups is 4. The number of hydrogen-bond acceptors (Lipinski definition) is 9. The number of ketones is 4. The first kappa shape index (κ1) is 32.3. The highest BCUT2D eigenvalue weighted by Gasteiger charge is 2.44. The molecule has 9 nitrogen and oxygen atoms in total. The predicted octanol–water partition coefficient (Wildman–Crippen LogP) is 3.24. The maximum Gasteiger partial charge on any atom is 0.174 e. The van der Waals surface area contributed by atoms with E-state index in [1.165, 1.54) is 13.0 Å². The molecule has 2 aromatic carbocycles. The Hall–Kier alpha value is -3.24. The van der Waals surface area contributed by atoms with Crippen molar-refractivity contribution in [3.05, 3.63) is 53.1 Å². The van der Waals surface area contributed by atoms with Gasteiger partial charge in [0.2, 0.25) is 0 Å². The van der Waals surface area contributed by atoms with Gasteiger partial charge in [-0.1, -0.05) is 30.3 Å². The number of aromatic hydroxyl groups is 1. The van der Waals surface area contributed by atoms with E-state index in [0.717, 1.165) is 24.1 Å². The summed E-state index contributed by atoms with van der Waals surface area (Å²) in [4.78, 5) is 52.2. The van der Waals surface area contributed by atoms with E-state index in [1.54, 1.807) is 18.2 Å². The topological polar surface area (TPSA) is 152 Å². The number of fused-ring (bicyclic) bond motifs is 1. The van der Waals surface area contributed by atoms with Crippen LogP contribution in [-0.4, -0.2) is 87.9 Å². The zero-order valence-corrected chi connectivity index (χ0v) is 24.1. The maximum atomic E-state index is 13.2. The molecule has 0 fully saturated rings. The summed E-state index contributed by atoms with van der Waals surface area (Å²) in [6, 6.07) is 10.4. The zero-order chi connectivity index (χ0) is 30.3. The third-order valence-corrected chi connectivity index (χ3v) is 7.97. The minimum atomic E-state index is -2.23. The van der Waals surface area contributed by atoms with Crippen LogP contribution in [0.3, 0.4) is 0 Å². The van der Waals surface area contributed by atoms with Gasteiger partial charge in [0.25, 0.3) is 0 Å². The van der Waals surface area contributed by atoms with Crippen LogP contribution in [0.2, 0.25) is 0 Å². The van der Waals surface area contributed by atoms with Crippen molar-refractivity contribution < 1.29 is 41.0 Å². The van der Waals surface area contributed by atoms with E-state index >= 15 is 0 Å². The number of aliphatic hydroxyl groups excluding tert-OH is 2. The molecule has 0 radical (unpaired) electrons. The first-order chi connectivity index (χ1) is 19.4. The molecule has 3 atom stereocenters. The zero-order valence-electron chi connectivity index (χ0n) is 24.1. The lowest BCUT2D eigenvalue weighted by Crippen LogP contribution is -2.51. The Labute approximate surface area is 242 Å². The van der Waals surface area contributed by atoms with Crippen LogP contribution in [0.4, 0.5) is 0 Å². The van der Waals surface area contributed by atoms with Gasteiger partial charge < -0.3 is 25.3 Å². The Morgan fingerprint density at radius 3 is 2.34 bits per heavy atom. The number of rotatable bonds is 15. The molecular formula is C32H43NO8. The van der Waals surface area contributed by atoms with Crippen molar-refractivity contribution in [2.24, 2.45) is 11.8 Å². The summed E-state index contributed by atoms with van der Waals surface area (Å²) in [6.45, 7) is 0.769. The lowest BCUT2D eigenvalue weighted by atomic mass is 9.71. The van der Waals surface area contributed by atoms with E-state index in [0.29, 0.717) is 24.0 Å². The summed E-state index contributed by atoms with van der Waals surface area (Å²) in [6.07, 6.45) is 1.18. The third-order valence-electron chi connectivity index (χ3n) is 7.97. The van der Waals surface area contributed by atoms with Crippen molar-refractivity contribution in [1.29, 1.82) is 0 Å². The van der Waals surface area contributed by atoms with Crippen LogP contribution in [0, 0.1) is 11.8 Å². The van der Waals surface area contributed by atoms with Gasteiger partial charge in [0.1, 0.15) is 17.1 Å². The number of carbonyl (C=O) groups excluding carboxylic acids is 4. The first-order valence-electron chi connectivity index (χ1n) is 14.0. The second kappa shape index (κ2) is 14.1. The monoisotopic (exact) mass is 569 g/mol. The predicted molar refractivity (Wildman–Crippen MR) is 156 cm³/mol. The summed E-state index contributed by atoms with van der Waals surface area (Å²) >= 11 is 0. The summed E-state index contributed by atoms with van der Waals surface area (Å²) in [5.41, 5.74) is 0.725. The summed E-state index contributed by atoms with van der Waals surface area (Å²) in [5, 5.41) is 41.3. The first-order valence-corrected chi connectivity index (χ1v) is 14.0. The van der Waals surface area contributed by atoms with Crippen molar-refractivity contribution in [2.45, 2.75) is 57.5 Å². The molecule has 0 bridgehead atoms. The molecule has 1 unspecified atom stereocenters. The molecule has 224 valence electrons. The number of benzene rings is 2. The number of nitrogens with zero attached hydrogens (tertiary/aromatic N) is 1. The molecular weight excluding hydrogens is 526 g/mol. The van der Waals surface area contributed by atoms with Crippen molar-refractivity contribution >= 4 is 23.1 Å². The van der Waals surface area contributed by atoms with E-state index in [-0.39, 0.29) is 56.1 Å². The standard InChI is InChI=1S/C32H41NO8.H2/c1-20(36)15-30(40)32(41,19-35)24(12-14-34)16-21-17-26-25(10-11-28(38)31(26)29(39)18-21)22-6-8-23(9-7-22)27(37)5-4-13-33(2)3;/h6-11,21,24,34-35,38,41H,4-5,12-19H2,1-3H3;1H/t21?,24-,32-;/m1./s1. The minimum absolute atomic E-state index is 0. The Morgan fingerprint density at radius 1 is 1.07 bits per heavy atom. The summed E-state index contributed by atoms with van der Waals surface area (Å²) in [5.74, 6) is -2.87. The summed E-state index contributed by atoms with van der Waals surface area (Å²) < 4.78 is 0. The molecule has 2 aromatic rings. The maximum absolute atomic E-state index is 13.2. The molecule has 0 saturated carbocycles. The Kier molecular flexibility index (Phi) is 11.1. The highest BCUT2D eigenvalue weighted by Crippen LogP contribution is 2.41. The van der Waals surface area contributed by atoms with Gasteiger partial charge in [0, 0.05) is 26.4 Å². The molecule has 0 aliphatic heterocycles. The molecule has 1 aliphatic rings. The van der Waals surface area contributed by atoms with Crippen LogP contribution in [0.25, 0.3) is 11.1 Å². The van der Waals surface area contributed by atoms with E-state index in [2.05, 4.69) is 0 Å². The van der Waals surface area contributed by atoms with Crippen molar-refractivity contribution in [1.82, 2.24) is 4.90 Å². The molecule has 0 spiro atoms. The second-order valence-corrected chi connectivity index (χ2v) is 11.4. The van der Waals surface area contributed by atoms with E-state index in [9.17, 15) is 39.6 Å². The molecule has 0 aromatic heterocycles. The van der Waals surface area contributed by atoms with E-state index in [1.807, 2.05) is 31.1 Å². The van der Waals surface area contributed by atoms with Crippen molar-refractivity contribution in [2.75, 3.05) is 33.9 Å². The molecule has 3 rings (SSSR count). The molecule has 0 saturated heterocycles. The lowest BCUT2D eigenvalue weighted by molar-refractivity contribution is -0.152. The number of phenolic OH excluding ortho intramolecular Hbond substituents is 1. The number of Topliss-reactive ketones (excluding diaryl/α,β-unsaturated/α-hetero) is 4. The molecule has 41 heavy (non-hydrogen) atoms. The molecule has 4 N–H and O–H groups in total. The van der Waals surface area contributed by atoms with Crippen LogP contribution < -0.4 is 0 Å². The Balaban J connectivity index is 0.00000616. The lowest BCUT2D eigenvalue weighted by Gasteiger charge is -2.36. The molecule has 1 aliphatic carbocycles. The fourth-order valence-corrected chi connectivity index (χ4v) is 5.79. The molecule has 0 amide bonds. The Bertz CT molecular complexity index is 1280. The molecule has 9 heteroatoms. The van der Waals surface area contributed by atoms with Gasteiger partial charge in [-0.2, -0.15) is 0 Å². The summed E-state index contributed by atoms with van der Waals surface area (Å²) in [7, 11) is 3.92. The largest absolute Gasteiger partial charge is 0.507 e. The van der Waals surface area contributed by atoms with Crippen LogP contribution in [0.1, 0.15) is 73.2 Å². The number of aliphatic hydroxyl groups is 3. The SMILES string of the molecule is CC(=O)CC(=O)[C@@](O)(CO)[C@H](CCO)CC1CC(=O)c2c(O)ccc(-c3ccc(C(=O)CCCN(C)C)cc3)c2C1.[HH]. The highest BCUT2D eigenvalue weighted by atomic mass is 16.3. The fraction of sp³-hybridized carbons (Fsp3) is 0.500. The highest BCUT2D eigenvalue weighted by molar-refractivity contribution is 6.04. The van der Waals surface area contributed by atoms with Gasteiger partial charge in [-0.15, -0.1) is 0 Å². The van der Waals surface area contributed by atoms with Crippen LogP contribution >= 0.6 is 0 Å². The number of hydrogen-bond donors (Lipinski definition) is 4. The van der Waals surface area contributed by atoms with Gasteiger partial charge in [0.15, 0.2) is 17.3 Å². The quantitative estimate of drug-likeness (QED) is 0.187.